The van der Waals surface area contributed by atoms with Crippen LogP contribution in [0.1, 0.15) is 20.3 Å². The van der Waals surface area contributed by atoms with Gasteiger partial charge in [0.05, 0.1) is 18.9 Å². The maximum absolute atomic E-state index is 12.6. The first kappa shape index (κ1) is 23.1. The Kier molecular flexibility index (Phi) is 7.91. The van der Waals surface area contributed by atoms with Gasteiger partial charge in [0, 0.05) is 43.9 Å². The summed E-state index contributed by atoms with van der Waals surface area (Å²) in [6, 6.07) is 7.66. The monoisotopic (exact) mass is 439 g/mol. The predicted molar refractivity (Wildman–Crippen MR) is 113 cm³/mol. The SMILES string of the molecule is CC[C@H](C)Nc1nc(NCCN2CCOCC2)cc(-c2cccc(OC(F)(F)F)c2)n1. The molecule has 0 radical (unpaired) electrons. The van der Waals surface area contributed by atoms with Gasteiger partial charge in [-0.25, -0.2) is 4.98 Å². The molecule has 0 saturated carbocycles. The molecule has 2 aromatic rings. The van der Waals surface area contributed by atoms with Gasteiger partial charge in [-0.1, -0.05) is 19.1 Å². The molecular formula is C21H28F3N5O2. The first-order valence-corrected chi connectivity index (χ1v) is 10.4. The Morgan fingerprint density at radius 2 is 1.97 bits per heavy atom. The first-order chi connectivity index (χ1) is 14.8. The van der Waals surface area contributed by atoms with Gasteiger partial charge in [0.25, 0.3) is 0 Å². The molecule has 3 rings (SSSR count). The lowest BCUT2D eigenvalue weighted by molar-refractivity contribution is -0.274. The highest BCUT2D eigenvalue weighted by atomic mass is 19.4. The molecule has 1 aromatic heterocycles. The molecule has 0 amide bonds. The van der Waals surface area contributed by atoms with E-state index in [0.717, 1.165) is 39.3 Å². The van der Waals surface area contributed by atoms with E-state index in [1.165, 1.54) is 18.2 Å². The zero-order valence-electron chi connectivity index (χ0n) is 17.7. The van der Waals surface area contributed by atoms with E-state index in [1.807, 2.05) is 13.8 Å². The van der Waals surface area contributed by atoms with E-state index in [4.69, 9.17) is 4.74 Å². The summed E-state index contributed by atoms with van der Waals surface area (Å²) >= 11 is 0. The summed E-state index contributed by atoms with van der Waals surface area (Å²) in [5.74, 6) is 0.732. The van der Waals surface area contributed by atoms with Crippen molar-refractivity contribution in [3.63, 3.8) is 0 Å². The number of halogens is 3. The number of benzene rings is 1. The van der Waals surface area contributed by atoms with Crippen LogP contribution in [0.5, 0.6) is 5.75 Å². The van der Waals surface area contributed by atoms with E-state index >= 15 is 0 Å². The minimum atomic E-state index is -4.75. The number of nitrogens with one attached hydrogen (secondary N) is 2. The Bertz CT molecular complexity index is 844. The molecule has 10 heteroatoms. The van der Waals surface area contributed by atoms with Gasteiger partial charge in [0.2, 0.25) is 5.95 Å². The largest absolute Gasteiger partial charge is 0.573 e. The average Bonchev–Trinajstić information content (AvgIpc) is 2.73. The number of aromatic nitrogens is 2. The fourth-order valence-electron chi connectivity index (χ4n) is 3.09. The first-order valence-electron chi connectivity index (χ1n) is 10.4. The molecule has 1 atom stereocenters. The third-order valence-electron chi connectivity index (χ3n) is 4.92. The molecule has 1 saturated heterocycles. The lowest BCUT2D eigenvalue weighted by Gasteiger charge is -2.26. The molecule has 1 aliphatic rings. The third-order valence-corrected chi connectivity index (χ3v) is 4.92. The lowest BCUT2D eigenvalue weighted by atomic mass is 10.1. The Balaban J connectivity index is 1.78. The number of rotatable bonds is 9. The molecule has 7 nitrogen and oxygen atoms in total. The summed E-state index contributed by atoms with van der Waals surface area (Å²) in [6.45, 7) is 8.82. The van der Waals surface area contributed by atoms with Crippen LogP contribution in [0.2, 0.25) is 0 Å². The highest BCUT2D eigenvalue weighted by molar-refractivity contribution is 5.66. The molecule has 0 spiro atoms. The van der Waals surface area contributed by atoms with E-state index in [2.05, 4.69) is 30.2 Å². The van der Waals surface area contributed by atoms with E-state index in [9.17, 15) is 13.2 Å². The van der Waals surface area contributed by atoms with Crippen LogP contribution in [0.15, 0.2) is 30.3 Å². The van der Waals surface area contributed by atoms with Crippen molar-refractivity contribution in [2.75, 3.05) is 50.0 Å². The molecule has 2 N–H and O–H groups in total. The zero-order valence-corrected chi connectivity index (χ0v) is 17.7. The van der Waals surface area contributed by atoms with Gasteiger partial charge in [-0.2, -0.15) is 4.98 Å². The van der Waals surface area contributed by atoms with Crippen LogP contribution in [0.25, 0.3) is 11.3 Å². The summed E-state index contributed by atoms with van der Waals surface area (Å²) in [5, 5.41) is 6.54. The minimum absolute atomic E-state index is 0.149. The molecule has 1 aromatic carbocycles. The van der Waals surface area contributed by atoms with E-state index in [-0.39, 0.29) is 11.8 Å². The third kappa shape index (κ3) is 7.55. The number of anilines is 2. The second-order valence-corrected chi connectivity index (χ2v) is 7.37. The second-order valence-electron chi connectivity index (χ2n) is 7.37. The van der Waals surface area contributed by atoms with Crippen molar-refractivity contribution in [3.05, 3.63) is 30.3 Å². The second kappa shape index (κ2) is 10.6. The van der Waals surface area contributed by atoms with Crippen LogP contribution < -0.4 is 15.4 Å². The topological polar surface area (TPSA) is 71.5 Å². The number of ether oxygens (including phenoxy) is 2. The fraction of sp³-hybridized carbons (Fsp3) is 0.524. The fourth-order valence-corrected chi connectivity index (χ4v) is 3.09. The van der Waals surface area contributed by atoms with Crippen LogP contribution in [-0.4, -0.2) is 66.7 Å². The van der Waals surface area contributed by atoms with Crippen molar-refractivity contribution in [1.82, 2.24) is 14.9 Å². The van der Waals surface area contributed by atoms with Gasteiger partial charge in [0.15, 0.2) is 0 Å². The van der Waals surface area contributed by atoms with E-state index in [0.29, 0.717) is 29.6 Å². The molecular weight excluding hydrogens is 411 g/mol. The zero-order chi connectivity index (χ0) is 22.3. The molecule has 170 valence electrons. The molecule has 0 unspecified atom stereocenters. The summed E-state index contributed by atoms with van der Waals surface area (Å²) in [6.07, 6.45) is -3.87. The van der Waals surface area contributed by atoms with Crippen LogP contribution in [0.4, 0.5) is 24.9 Å². The van der Waals surface area contributed by atoms with Gasteiger partial charge >= 0.3 is 6.36 Å². The number of nitrogens with zero attached hydrogens (tertiary/aromatic N) is 3. The molecule has 0 bridgehead atoms. The smallest absolute Gasteiger partial charge is 0.406 e. The van der Waals surface area contributed by atoms with Gasteiger partial charge in [-0.05, 0) is 25.5 Å². The Labute approximate surface area is 180 Å². The number of hydrogen-bond donors (Lipinski definition) is 2. The maximum Gasteiger partial charge on any atom is 0.573 e. The van der Waals surface area contributed by atoms with Crippen molar-refractivity contribution in [2.24, 2.45) is 0 Å². The van der Waals surface area contributed by atoms with Crippen LogP contribution in [-0.2, 0) is 4.74 Å². The standard InChI is InChI=1S/C21H28F3N5O2/c1-3-15(2)26-20-27-18(16-5-4-6-17(13-16)31-21(22,23)24)14-19(28-20)25-7-8-29-9-11-30-12-10-29/h4-6,13-15H,3,7-12H2,1-2H3,(H2,25,26,27,28)/t15-/m0/s1. The number of hydrogen-bond acceptors (Lipinski definition) is 7. The van der Waals surface area contributed by atoms with Crippen LogP contribution in [0.3, 0.4) is 0 Å². The molecule has 1 aliphatic heterocycles. The highest BCUT2D eigenvalue weighted by Crippen LogP contribution is 2.28. The van der Waals surface area contributed by atoms with Crippen LogP contribution in [0, 0.1) is 0 Å². The minimum Gasteiger partial charge on any atom is -0.406 e. The van der Waals surface area contributed by atoms with Crippen molar-refractivity contribution >= 4 is 11.8 Å². The molecule has 2 heterocycles. The van der Waals surface area contributed by atoms with Crippen molar-refractivity contribution in [3.8, 4) is 17.0 Å². The van der Waals surface area contributed by atoms with E-state index in [1.54, 1.807) is 12.1 Å². The summed E-state index contributed by atoms with van der Waals surface area (Å²) in [4.78, 5) is 11.3. The van der Waals surface area contributed by atoms with Gasteiger partial charge in [0.1, 0.15) is 11.6 Å². The molecule has 1 fully saturated rings. The van der Waals surface area contributed by atoms with Crippen molar-refractivity contribution in [1.29, 1.82) is 0 Å². The van der Waals surface area contributed by atoms with Gasteiger partial charge < -0.3 is 20.1 Å². The molecule has 31 heavy (non-hydrogen) atoms. The number of morpholine rings is 1. The normalized spacial score (nSPS) is 16.0. The highest BCUT2D eigenvalue weighted by Gasteiger charge is 2.31. The Morgan fingerprint density at radius 1 is 1.19 bits per heavy atom. The quantitative estimate of drug-likeness (QED) is 0.612. The predicted octanol–water partition coefficient (Wildman–Crippen LogP) is 4.00. The summed E-state index contributed by atoms with van der Waals surface area (Å²) < 4.78 is 47.2. The number of alkyl halides is 3. The van der Waals surface area contributed by atoms with Gasteiger partial charge in [-0.3, -0.25) is 4.90 Å². The summed E-state index contributed by atoms with van der Waals surface area (Å²) in [7, 11) is 0. The average molecular weight is 439 g/mol. The van der Waals surface area contributed by atoms with Gasteiger partial charge in [-0.15, -0.1) is 13.2 Å². The Hall–Kier alpha value is -2.59. The molecule has 0 aliphatic carbocycles. The summed E-state index contributed by atoms with van der Waals surface area (Å²) in [5.41, 5.74) is 1.01. The van der Waals surface area contributed by atoms with Crippen molar-refractivity contribution in [2.45, 2.75) is 32.7 Å². The Morgan fingerprint density at radius 3 is 2.68 bits per heavy atom. The van der Waals surface area contributed by atoms with Crippen LogP contribution >= 0.6 is 0 Å². The van der Waals surface area contributed by atoms with E-state index < -0.39 is 6.36 Å². The maximum atomic E-state index is 12.6. The lowest BCUT2D eigenvalue weighted by Crippen LogP contribution is -2.39. The van der Waals surface area contributed by atoms with Crippen molar-refractivity contribution < 1.29 is 22.6 Å².